The van der Waals surface area contributed by atoms with Gasteiger partial charge >= 0.3 is 12.1 Å². The van der Waals surface area contributed by atoms with Gasteiger partial charge < -0.3 is 19.7 Å². The molecule has 35 heavy (non-hydrogen) atoms. The molecule has 11 heteroatoms. The Labute approximate surface area is 202 Å². The van der Waals surface area contributed by atoms with Gasteiger partial charge in [0, 0.05) is 17.4 Å². The van der Waals surface area contributed by atoms with Crippen molar-refractivity contribution in [3.8, 4) is 11.1 Å². The van der Waals surface area contributed by atoms with Crippen molar-refractivity contribution in [3.63, 3.8) is 0 Å². The minimum Gasteiger partial charge on any atom is -0.476 e. The largest absolute Gasteiger partial charge is 0.476 e. The van der Waals surface area contributed by atoms with E-state index in [4.69, 9.17) is 14.4 Å². The lowest BCUT2D eigenvalue weighted by Crippen LogP contribution is -2.23. The average Bonchev–Trinajstić information content (AvgIpc) is 3.59. The molecule has 1 aliphatic rings. The van der Waals surface area contributed by atoms with E-state index in [0.29, 0.717) is 5.01 Å². The molecule has 4 aromatic rings. The maximum atomic E-state index is 12.4. The van der Waals surface area contributed by atoms with E-state index in [1.165, 1.54) is 11.4 Å². The van der Waals surface area contributed by atoms with Gasteiger partial charge in [-0.05, 0) is 22.3 Å². The van der Waals surface area contributed by atoms with Gasteiger partial charge in [-0.25, -0.2) is 14.6 Å². The summed E-state index contributed by atoms with van der Waals surface area (Å²) in [6.45, 7) is 0.159. The molecular formula is C24H18N4O6S. The first-order valence-electron chi connectivity index (χ1n) is 10.5. The number of anilines is 1. The predicted molar refractivity (Wildman–Crippen MR) is 125 cm³/mol. The number of nitrogens with zero attached hydrogens (tertiary/aromatic N) is 2. The molecule has 2 amide bonds. The third kappa shape index (κ3) is 4.62. The van der Waals surface area contributed by atoms with Crippen LogP contribution in [0.15, 0.2) is 64.5 Å². The third-order valence-electron chi connectivity index (χ3n) is 5.48. The van der Waals surface area contributed by atoms with Crippen LogP contribution < -0.4 is 10.6 Å². The van der Waals surface area contributed by atoms with Gasteiger partial charge in [-0.3, -0.25) is 10.1 Å². The lowest BCUT2D eigenvalue weighted by Gasteiger charge is -2.13. The zero-order valence-electron chi connectivity index (χ0n) is 18.1. The molecule has 10 nitrogen and oxygen atoms in total. The zero-order chi connectivity index (χ0) is 24.4. The molecule has 0 fully saturated rings. The summed E-state index contributed by atoms with van der Waals surface area (Å²) in [4.78, 5) is 39.4. The van der Waals surface area contributed by atoms with E-state index in [9.17, 15) is 14.4 Å². The highest BCUT2D eigenvalue weighted by Crippen LogP contribution is 2.44. The number of rotatable bonds is 7. The summed E-state index contributed by atoms with van der Waals surface area (Å²) in [5.41, 5.74) is 4.29. The summed E-state index contributed by atoms with van der Waals surface area (Å²) in [6.07, 6.45) is -0.737. The summed E-state index contributed by atoms with van der Waals surface area (Å²) in [5.74, 6) is -1.84. The normalized spacial score (nSPS) is 12.0. The number of aromatic nitrogens is 2. The van der Waals surface area contributed by atoms with Crippen LogP contribution in [-0.4, -0.2) is 39.8 Å². The van der Waals surface area contributed by atoms with Crippen molar-refractivity contribution in [3.05, 3.63) is 87.5 Å². The van der Waals surface area contributed by atoms with Crippen molar-refractivity contribution in [2.45, 2.75) is 12.5 Å². The average molecular weight is 490 g/mol. The molecule has 3 N–H and O–H groups in total. The number of nitrogens with one attached hydrogen (secondary N) is 2. The quantitative estimate of drug-likeness (QED) is 0.351. The Morgan fingerprint density at radius 2 is 1.71 bits per heavy atom. The Bertz CT molecular complexity index is 1380. The van der Waals surface area contributed by atoms with E-state index in [2.05, 4.69) is 32.9 Å². The topological polar surface area (TPSA) is 144 Å². The number of ether oxygens (including phenoxy) is 1. The van der Waals surface area contributed by atoms with E-state index in [1.54, 1.807) is 0 Å². The van der Waals surface area contributed by atoms with Crippen LogP contribution in [0.3, 0.4) is 0 Å². The minimum atomic E-state index is -1.14. The Morgan fingerprint density at radius 3 is 2.37 bits per heavy atom. The summed E-state index contributed by atoms with van der Waals surface area (Å²) < 4.78 is 10.5. The number of fused-ring (bicyclic) bond motifs is 3. The molecule has 0 saturated heterocycles. The van der Waals surface area contributed by atoms with E-state index in [-0.39, 0.29) is 36.3 Å². The van der Waals surface area contributed by atoms with Gasteiger partial charge in [0.25, 0.3) is 5.91 Å². The van der Waals surface area contributed by atoms with Gasteiger partial charge in [-0.1, -0.05) is 53.7 Å². The molecule has 5 rings (SSSR count). The molecule has 176 valence electrons. The minimum absolute atomic E-state index is 0.0266. The first-order chi connectivity index (χ1) is 17.0. The van der Waals surface area contributed by atoms with Crippen LogP contribution in [0.25, 0.3) is 11.1 Å². The number of carbonyl (C=O) groups excluding carboxylic acids is 2. The maximum absolute atomic E-state index is 12.4. The van der Waals surface area contributed by atoms with Crippen LogP contribution in [-0.2, 0) is 11.3 Å². The molecule has 0 unspecified atom stereocenters. The van der Waals surface area contributed by atoms with Crippen LogP contribution in [0.5, 0.6) is 0 Å². The zero-order valence-corrected chi connectivity index (χ0v) is 18.9. The molecule has 0 bridgehead atoms. The van der Waals surface area contributed by atoms with Gasteiger partial charge in [0.15, 0.2) is 11.4 Å². The second kappa shape index (κ2) is 9.39. The van der Waals surface area contributed by atoms with E-state index >= 15 is 0 Å². The number of amides is 2. The maximum Gasteiger partial charge on any atom is 0.414 e. The molecule has 0 radical (unpaired) electrons. The van der Waals surface area contributed by atoms with Gasteiger partial charge in [0.05, 0.1) is 6.54 Å². The fraction of sp³-hybridized carbons (Fsp3) is 0.125. The summed E-state index contributed by atoms with van der Waals surface area (Å²) >= 11 is 1.11. The molecular weight excluding hydrogens is 472 g/mol. The fourth-order valence-electron chi connectivity index (χ4n) is 3.91. The van der Waals surface area contributed by atoms with Gasteiger partial charge in [-0.15, -0.1) is 11.3 Å². The van der Waals surface area contributed by atoms with Crippen molar-refractivity contribution in [1.29, 1.82) is 0 Å². The second-order valence-electron chi connectivity index (χ2n) is 7.64. The van der Waals surface area contributed by atoms with Crippen LogP contribution >= 0.6 is 11.3 Å². The second-order valence-corrected chi connectivity index (χ2v) is 8.58. The lowest BCUT2D eigenvalue weighted by atomic mass is 9.98. The Hall–Kier alpha value is -4.51. The van der Waals surface area contributed by atoms with Crippen LogP contribution in [0.2, 0.25) is 0 Å². The predicted octanol–water partition coefficient (Wildman–Crippen LogP) is 4.12. The van der Waals surface area contributed by atoms with E-state index in [1.807, 2.05) is 36.4 Å². The molecule has 2 aromatic carbocycles. The van der Waals surface area contributed by atoms with Crippen molar-refractivity contribution in [2.24, 2.45) is 0 Å². The molecule has 1 aliphatic carbocycles. The Morgan fingerprint density at radius 1 is 1.03 bits per heavy atom. The lowest BCUT2D eigenvalue weighted by molar-refractivity contribution is 0.0691. The van der Waals surface area contributed by atoms with Crippen molar-refractivity contribution >= 4 is 35.2 Å². The number of aromatic carboxylic acids is 1. The summed E-state index contributed by atoms with van der Waals surface area (Å²) in [7, 11) is 0. The number of benzene rings is 2. The van der Waals surface area contributed by atoms with Crippen LogP contribution in [0, 0.1) is 0 Å². The van der Waals surface area contributed by atoms with Crippen LogP contribution in [0.1, 0.15) is 43.0 Å². The molecule has 0 atom stereocenters. The Kier molecular flexibility index (Phi) is 5.98. The number of thiazole rings is 1. The number of carboxylic acids is 1. The Balaban J connectivity index is 1.16. The molecule has 0 spiro atoms. The number of hydrogen-bond acceptors (Lipinski definition) is 8. The standard InChI is InChI=1S/C24H18N4O6S/c29-22(25-10-21-26-19(12-35-21)23(30)31)18-9-20(34-28-18)27-24(32)33-11-17-15-7-3-1-5-13(15)14-6-2-4-8-16(14)17/h1-9,12,17H,10-11H2,(H,25,29)(H,27,32)(H,30,31). The van der Waals surface area contributed by atoms with Crippen LogP contribution in [0.4, 0.5) is 10.7 Å². The first-order valence-corrected chi connectivity index (χ1v) is 11.4. The van der Waals surface area contributed by atoms with Crippen molar-refractivity contribution < 1.29 is 28.8 Å². The number of hydrogen-bond donors (Lipinski definition) is 3. The van der Waals surface area contributed by atoms with Gasteiger partial charge in [0.1, 0.15) is 11.6 Å². The van der Waals surface area contributed by atoms with Crippen molar-refractivity contribution in [1.82, 2.24) is 15.5 Å². The fourth-order valence-corrected chi connectivity index (χ4v) is 4.62. The summed E-state index contributed by atoms with van der Waals surface area (Å²) in [5, 5.41) is 19.4. The highest BCUT2D eigenvalue weighted by Gasteiger charge is 2.29. The molecule has 2 heterocycles. The number of carbonyl (C=O) groups is 3. The molecule has 2 aromatic heterocycles. The van der Waals surface area contributed by atoms with Gasteiger partial charge in [-0.2, -0.15) is 0 Å². The third-order valence-corrected chi connectivity index (χ3v) is 6.33. The highest BCUT2D eigenvalue weighted by atomic mass is 32.1. The summed E-state index contributed by atoms with van der Waals surface area (Å²) in [6, 6.07) is 17.3. The molecule has 0 aliphatic heterocycles. The first kappa shape index (κ1) is 22.3. The van der Waals surface area contributed by atoms with Crippen molar-refractivity contribution in [2.75, 3.05) is 11.9 Å². The van der Waals surface area contributed by atoms with E-state index in [0.717, 1.165) is 33.6 Å². The SMILES string of the molecule is O=C(Nc1cc(C(=O)NCc2nc(C(=O)O)cs2)no1)OCC1c2ccccc2-c2ccccc21. The molecule has 0 saturated carbocycles. The van der Waals surface area contributed by atoms with Gasteiger partial charge in [0.2, 0.25) is 5.88 Å². The monoisotopic (exact) mass is 490 g/mol. The highest BCUT2D eigenvalue weighted by molar-refractivity contribution is 7.09. The number of carboxylic acid groups (broad SMARTS) is 1. The smallest absolute Gasteiger partial charge is 0.414 e. The van der Waals surface area contributed by atoms with E-state index < -0.39 is 18.0 Å².